The van der Waals surface area contributed by atoms with Gasteiger partial charge in [0, 0.05) is 39.5 Å². The summed E-state index contributed by atoms with van der Waals surface area (Å²) in [4.78, 5) is 8.23. The predicted octanol–water partition coefficient (Wildman–Crippen LogP) is 2.83. The molecule has 0 amide bonds. The number of hydrogen-bond donors (Lipinski definition) is 2. The fraction of sp³-hybridized carbons (Fsp3) is 0.600. The Morgan fingerprint density at radius 3 is 2.86 bits per heavy atom. The molecule has 0 bridgehead atoms. The van der Waals surface area contributed by atoms with Gasteiger partial charge >= 0.3 is 0 Å². The van der Waals surface area contributed by atoms with Crippen molar-refractivity contribution in [3.8, 4) is 0 Å². The fourth-order valence-electron chi connectivity index (χ4n) is 1.83. The number of aromatic nitrogens is 1. The van der Waals surface area contributed by atoms with E-state index in [1.165, 1.54) is 12.8 Å². The van der Waals surface area contributed by atoms with E-state index in [-0.39, 0.29) is 24.0 Å². The Kier molecular flexibility index (Phi) is 9.74. The van der Waals surface area contributed by atoms with Crippen LogP contribution in [0.15, 0.2) is 23.3 Å². The summed E-state index contributed by atoms with van der Waals surface area (Å²) in [5.74, 6) is 1.62. The molecular formula is C15H24ClIN4O. The van der Waals surface area contributed by atoms with Gasteiger partial charge in [0.15, 0.2) is 5.96 Å². The van der Waals surface area contributed by atoms with Gasteiger partial charge in [0.25, 0.3) is 0 Å². The lowest BCUT2D eigenvalue weighted by Gasteiger charge is -2.12. The van der Waals surface area contributed by atoms with Crippen LogP contribution in [0.5, 0.6) is 0 Å². The van der Waals surface area contributed by atoms with Crippen LogP contribution in [-0.4, -0.2) is 37.7 Å². The van der Waals surface area contributed by atoms with Crippen LogP contribution in [0.4, 0.5) is 0 Å². The average Bonchev–Trinajstić information content (AvgIpc) is 3.31. The topological polar surface area (TPSA) is 58.5 Å². The highest BCUT2D eigenvalue weighted by Crippen LogP contribution is 2.28. The van der Waals surface area contributed by atoms with E-state index in [0.717, 1.165) is 43.6 Å². The van der Waals surface area contributed by atoms with Crippen LogP contribution in [-0.2, 0) is 11.3 Å². The number of guanidine groups is 1. The van der Waals surface area contributed by atoms with Crippen molar-refractivity contribution in [2.24, 2.45) is 10.9 Å². The first-order valence-corrected chi connectivity index (χ1v) is 7.78. The Labute approximate surface area is 154 Å². The molecule has 7 heteroatoms. The minimum atomic E-state index is 0. The number of hydrogen-bond acceptors (Lipinski definition) is 3. The van der Waals surface area contributed by atoms with Crippen LogP contribution in [0.3, 0.4) is 0 Å². The molecule has 5 nitrogen and oxygen atoms in total. The molecule has 1 fully saturated rings. The van der Waals surface area contributed by atoms with Crippen molar-refractivity contribution in [3.63, 3.8) is 0 Å². The zero-order valence-electron chi connectivity index (χ0n) is 12.8. The highest BCUT2D eigenvalue weighted by atomic mass is 127. The van der Waals surface area contributed by atoms with Gasteiger partial charge in [-0.1, -0.05) is 17.7 Å². The van der Waals surface area contributed by atoms with E-state index in [0.29, 0.717) is 11.7 Å². The smallest absolute Gasteiger partial charge is 0.191 e. The van der Waals surface area contributed by atoms with Gasteiger partial charge in [-0.3, -0.25) is 4.99 Å². The number of nitrogens with one attached hydrogen (secondary N) is 2. The van der Waals surface area contributed by atoms with Crippen molar-refractivity contribution >= 4 is 41.5 Å². The molecule has 0 saturated heterocycles. The van der Waals surface area contributed by atoms with E-state index < -0.39 is 0 Å². The molecule has 0 atom stereocenters. The largest absolute Gasteiger partial charge is 0.381 e. The zero-order valence-corrected chi connectivity index (χ0v) is 15.9. The van der Waals surface area contributed by atoms with Crippen LogP contribution < -0.4 is 10.6 Å². The molecule has 0 spiro atoms. The molecule has 1 heterocycles. The molecule has 0 radical (unpaired) electrons. The molecule has 1 aliphatic carbocycles. The second-order valence-electron chi connectivity index (χ2n) is 5.21. The Balaban J connectivity index is 0.00000242. The number of rotatable bonds is 8. The minimum Gasteiger partial charge on any atom is -0.381 e. The van der Waals surface area contributed by atoms with Gasteiger partial charge in [0.2, 0.25) is 0 Å². The summed E-state index contributed by atoms with van der Waals surface area (Å²) in [6.07, 6.45) is 5.42. The molecule has 22 heavy (non-hydrogen) atoms. The number of nitrogens with zero attached hydrogens (tertiary/aromatic N) is 2. The van der Waals surface area contributed by atoms with Crippen LogP contribution >= 0.6 is 35.6 Å². The highest BCUT2D eigenvalue weighted by Gasteiger charge is 2.20. The Morgan fingerprint density at radius 2 is 2.23 bits per heavy atom. The maximum Gasteiger partial charge on any atom is 0.191 e. The van der Waals surface area contributed by atoms with E-state index in [1.807, 2.05) is 6.07 Å². The second kappa shape index (κ2) is 11.0. The second-order valence-corrected chi connectivity index (χ2v) is 5.60. The Bertz CT molecular complexity index is 451. The molecule has 1 saturated carbocycles. The predicted molar refractivity (Wildman–Crippen MR) is 101 cm³/mol. The summed E-state index contributed by atoms with van der Waals surface area (Å²) in [5, 5.41) is 7.01. The number of aliphatic imine (C=N–C) groups is 1. The molecule has 1 aromatic heterocycles. The summed E-state index contributed by atoms with van der Waals surface area (Å²) < 4.78 is 5.59. The van der Waals surface area contributed by atoms with E-state index in [9.17, 15) is 0 Å². The molecule has 1 aromatic rings. The van der Waals surface area contributed by atoms with Crippen molar-refractivity contribution in [1.29, 1.82) is 0 Å². The molecule has 0 aromatic carbocycles. The maximum atomic E-state index is 5.76. The van der Waals surface area contributed by atoms with Crippen molar-refractivity contribution in [1.82, 2.24) is 15.6 Å². The normalized spacial score (nSPS) is 14.4. The fourth-order valence-corrected chi connectivity index (χ4v) is 1.94. The summed E-state index contributed by atoms with van der Waals surface area (Å²) in [6, 6.07) is 3.73. The van der Waals surface area contributed by atoms with Crippen LogP contribution in [0.25, 0.3) is 0 Å². The lowest BCUT2D eigenvalue weighted by Crippen LogP contribution is -2.37. The van der Waals surface area contributed by atoms with Crippen molar-refractivity contribution < 1.29 is 4.74 Å². The van der Waals surface area contributed by atoms with Gasteiger partial charge < -0.3 is 15.4 Å². The third-order valence-electron chi connectivity index (χ3n) is 3.28. The van der Waals surface area contributed by atoms with Crippen molar-refractivity contribution in [2.45, 2.75) is 25.8 Å². The monoisotopic (exact) mass is 438 g/mol. The standard InChI is InChI=1S/C15H23ClN4O.HI/c1-17-15(18-7-2-8-21-11-12-3-4-12)20-10-13-5-6-14(16)19-9-13;/h5-6,9,12H,2-4,7-8,10-11H2,1H3,(H2,17,18,20);1H. The lowest BCUT2D eigenvalue weighted by atomic mass is 10.3. The molecular weight excluding hydrogens is 415 g/mol. The van der Waals surface area contributed by atoms with Crippen molar-refractivity contribution in [3.05, 3.63) is 29.0 Å². The number of ether oxygens (including phenoxy) is 1. The first kappa shape index (κ1) is 19.4. The van der Waals surface area contributed by atoms with Crippen LogP contribution in [0.2, 0.25) is 5.15 Å². The third kappa shape index (κ3) is 8.14. The number of pyridine rings is 1. The van der Waals surface area contributed by atoms with E-state index >= 15 is 0 Å². The Morgan fingerprint density at radius 1 is 1.41 bits per heavy atom. The van der Waals surface area contributed by atoms with Gasteiger partial charge in [-0.05, 0) is 36.8 Å². The first-order valence-electron chi connectivity index (χ1n) is 7.40. The first-order chi connectivity index (χ1) is 10.3. The lowest BCUT2D eigenvalue weighted by molar-refractivity contribution is 0.123. The molecule has 124 valence electrons. The van der Waals surface area contributed by atoms with Gasteiger partial charge in [-0.2, -0.15) is 0 Å². The molecule has 2 N–H and O–H groups in total. The van der Waals surface area contributed by atoms with Gasteiger partial charge in [-0.15, -0.1) is 24.0 Å². The summed E-state index contributed by atoms with van der Waals surface area (Å²) >= 11 is 5.76. The van der Waals surface area contributed by atoms with E-state index in [2.05, 4.69) is 20.6 Å². The average molecular weight is 439 g/mol. The maximum absolute atomic E-state index is 5.76. The SMILES string of the molecule is CN=C(NCCCOCC1CC1)NCc1ccc(Cl)nc1.I. The Hall–Kier alpha value is -0.600. The highest BCUT2D eigenvalue weighted by molar-refractivity contribution is 14.0. The van der Waals surface area contributed by atoms with Crippen molar-refractivity contribution in [2.75, 3.05) is 26.8 Å². The van der Waals surface area contributed by atoms with Gasteiger partial charge in [0.1, 0.15) is 5.15 Å². The third-order valence-corrected chi connectivity index (χ3v) is 3.50. The van der Waals surface area contributed by atoms with Gasteiger partial charge in [-0.25, -0.2) is 4.98 Å². The summed E-state index contributed by atoms with van der Waals surface area (Å²) in [6.45, 7) is 3.25. The van der Waals surface area contributed by atoms with Crippen LogP contribution in [0, 0.1) is 5.92 Å². The van der Waals surface area contributed by atoms with E-state index in [4.69, 9.17) is 16.3 Å². The van der Waals surface area contributed by atoms with Gasteiger partial charge in [0.05, 0.1) is 0 Å². The minimum absolute atomic E-state index is 0. The quantitative estimate of drug-likeness (QED) is 0.215. The molecule has 0 unspecified atom stereocenters. The molecule has 1 aliphatic rings. The molecule has 0 aliphatic heterocycles. The zero-order chi connectivity index (χ0) is 14.9. The molecule has 2 rings (SSSR count). The van der Waals surface area contributed by atoms with E-state index in [1.54, 1.807) is 19.3 Å². The summed E-state index contributed by atoms with van der Waals surface area (Å²) in [5.41, 5.74) is 1.06. The van der Waals surface area contributed by atoms with Crippen LogP contribution in [0.1, 0.15) is 24.8 Å². The summed E-state index contributed by atoms with van der Waals surface area (Å²) in [7, 11) is 1.76. The number of halogens is 2.